The molecule has 1 heterocycles. The molecule has 1 aliphatic carbocycles. The van der Waals surface area contributed by atoms with Gasteiger partial charge in [-0.3, -0.25) is 14.9 Å². The van der Waals surface area contributed by atoms with Gasteiger partial charge in [0, 0.05) is 18.3 Å². The van der Waals surface area contributed by atoms with E-state index in [-0.39, 0.29) is 23.3 Å². The fourth-order valence-corrected chi connectivity index (χ4v) is 2.86. The molecule has 1 aliphatic rings. The topological polar surface area (TPSA) is 110 Å². The van der Waals surface area contributed by atoms with Crippen molar-refractivity contribution in [2.45, 2.75) is 37.8 Å². The first-order valence-electron chi connectivity index (χ1n) is 7.84. The Kier molecular flexibility index (Phi) is 4.57. The molecule has 3 rings (SSSR count). The fourth-order valence-electron chi connectivity index (χ4n) is 2.86. The van der Waals surface area contributed by atoms with Crippen molar-refractivity contribution in [1.29, 1.82) is 0 Å². The highest BCUT2D eigenvalue weighted by atomic mass is 16.6. The van der Waals surface area contributed by atoms with Crippen LogP contribution in [0.2, 0.25) is 0 Å². The number of carbonyl (C=O) groups excluding carboxylic acids is 1. The van der Waals surface area contributed by atoms with Gasteiger partial charge in [-0.05, 0) is 25.0 Å². The minimum Gasteiger partial charge on any atom is -0.391 e. The van der Waals surface area contributed by atoms with E-state index in [2.05, 4.69) is 10.4 Å². The van der Waals surface area contributed by atoms with Gasteiger partial charge < -0.3 is 10.4 Å². The second kappa shape index (κ2) is 6.79. The van der Waals surface area contributed by atoms with Crippen molar-refractivity contribution in [3.8, 4) is 5.69 Å². The molecule has 0 bridgehead atoms. The molecule has 0 radical (unpaired) electrons. The number of carbonyl (C=O) groups is 1. The van der Waals surface area contributed by atoms with E-state index >= 15 is 0 Å². The predicted molar refractivity (Wildman–Crippen MR) is 85.9 cm³/mol. The van der Waals surface area contributed by atoms with Gasteiger partial charge >= 0.3 is 0 Å². The molecule has 1 aromatic carbocycles. The Bertz CT molecular complexity index is 758. The molecular formula is C16H18N4O4. The van der Waals surface area contributed by atoms with Gasteiger partial charge in [-0.25, -0.2) is 4.68 Å². The molecular weight excluding hydrogens is 312 g/mol. The Morgan fingerprint density at radius 3 is 2.88 bits per heavy atom. The van der Waals surface area contributed by atoms with Crippen LogP contribution in [0.4, 0.5) is 5.69 Å². The lowest BCUT2D eigenvalue weighted by molar-refractivity contribution is -0.384. The summed E-state index contributed by atoms with van der Waals surface area (Å²) < 4.78 is 1.42. The maximum atomic E-state index is 12.3. The number of benzene rings is 1. The van der Waals surface area contributed by atoms with Crippen molar-refractivity contribution in [3.63, 3.8) is 0 Å². The number of hydrogen-bond acceptors (Lipinski definition) is 5. The van der Waals surface area contributed by atoms with Crippen molar-refractivity contribution in [3.05, 3.63) is 52.3 Å². The van der Waals surface area contributed by atoms with Crippen LogP contribution >= 0.6 is 0 Å². The van der Waals surface area contributed by atoms with E-state index < -0.39 is 11.0 Å². The lowest BCUT2D eigenvalue weighted by Gasteiger charge is -2.27. The van der Waals surface area contributed by atoms with Gasteiger partial charge in [0.25, 0.3) is 11.6 Å². The Labute approximate surface area is 138 Å². The fraction of sp³-hybridized carbons (Fsp3) is 0.375. The third-order valence-corrected chi connectivity index (χ3v) is 4.17. The van der Waals surface area contributed by atoms with Crippen LogP contribution in [-0.2, 0) is 0 Å². The van der Waals surface area contributed by atoms with Crippen LogP contribution in [0.1, 0.15) is 36.2 Å². The number of non-ortho nitro benzene ring substituents is 1. The quantitative estimate of drug-likeness (QED) is 0.656. The van der Waals surface area contributed by atoms with Gasteiger partial charge in [-0.15, -0.1) is 0 Å². The highest BCUT2D eigenvalue weighted by Gasteiger charge is 2.25. The van der Waals surface area contributed by atoms with Crippen LogP contribution in [0.15, 0.2) is 36.5 Å². The number of aromatic nitrogens is 2. The van der Waals surface area contributed by atoms with E-state index in [1.165, 1.54) is 16.8 Å². The Morgan fingerprint density at radius 2 is 2.12 bits per heavy atom. The van der Waals surface area contributed by atoms with Crippen LogP contribution in [0.5, 0.6) is 0 Å². The zero-order valence-corrected chi connectivity index (χ0v) is 13.0. The van der Waals surface area contributed by atoms with Gasteiger partial charge in [-0.1, -0.05) is 18.9 Å². The smallest absolute Gasteiger partial charge is 0.272 e. The van der Waals surface area contributed by atoms with Crippen molar-refractivity contribution in [1.82, 2.24) is 15.1 Å². The molecule has 1 aromatic heterocycles. The average molecular weight is 330 g/mol. The molecule has 2 N–H and O–H groups in total. The van der Waals surface area contributed by atoms with Gasteiger partial charge in [0.1, 0.15) is 0 Å². The van der Waals surface area contributed by atoms with Crippen LogP contribution in [0.25, 0.3) is 5.69 Å². The molecule has 1 fully saturated rings. The molecule has 1 amide bonds. The highest BCUT2D eigenvalue weighted by Crippen LogP contribution is 2.19. The van der Waals surface area contributed by atoms with Crippen molar-refractivity contribution < 1.29 is 14.8 Å². The molecule has 8 nitrogen and oxygen atoms in total. The van der Waals surface area contributed by atoms with Gasteiger partial charge in [0.2, 0.25) is 0 Å². The van der Waals surface area contributed by atoms with Gasteiger partial charge in [-0.2, -0.15) is 5.10 Å². The summed E-state index contributed by atoms with van der Waals surface area (Å²) in [5.41, 5.74) is 0.666. The molecule has 126 valence electrons. The zero-order chi connectivity index (χ0) is 17.1. The molecule has 0 aliphatic heterocycles. The number of nitrogens with one attached hydrogen (secondary N) is 1. The maximum absolute atomic E-state index is 12.3. The summed E-state index contributed by atoms with van der Waals surface area (Å²) in [6.07, 6.45) is 4.43. The summed E-state index contributed by atoms with van der Waals surface area (Å²) in [6, 6.07) is 7.31. The molecule has 2 unspecified atom stereocenters. The number of aliphatic hydroxyl groups is 1. The average Bonchev–Trinajstić information content (AvgIpc) is 3.07. The number of rotatable bonds is 4. The van der Waals surface area contributed by atoms with E-state index in [1.807, 2.05) is 0 Å². The lowest BCUT2D eigenvalue weighted by atomic mass is 9.92. The van der Waals surface area contributed by atoms with Crippen molar-refractivity contribution in [2.24, 2.45) is 0 Å². The predicted octanol–water partition coefficient (Wildman–Crippen LogP) is 1.81. The Balaban J connectivity index is 1.74. The zero-order valence-electron chi connectivity index (χ0n) is 13.0. The summed E-state index contributed by atoms with van der Waals surface area (Å²) in [5.74, 6) is -0.356. The highest BCUT2D eigenvalue weighted by molar-refractivity contribution is 5.92. The number of aliphatic hydroxyl groups excluding tert-OH is 1. The van der Waals surface area contributed by atoms with E-state index in [0.717, 1.165) is 19.3 Å². The van der Waals surface area contributed by atoms with E-state index in [1.54, 1.807) is 24.4 Å². The van der Waals surface area contributed by atoms with Crippen LogP contribution in [0, 0.1) is 10.1 Å². The van der Waals surface area contributed by atoms with E-state index in [4.69, 9.17) is 0 Å². The molecule has 24 heavy (non-hydrogen) atoms. The number of nitro benzene ring substituents is 1. The number of amides is 1. The number of nitrogens with zero attached hydrogens (tertiary/aromatic N) is 3. The first-order chi connectivity index (χ1) is 11.5. The first kappa shape index (κ1) is 16.1. The van der Waals surface area contributed by atoms with Crippen LogP contribution in [0.3, 0.4) is 0 Å². The van der Waals surface area contributed by atoms with Gasteiger partial charge in [0.15, 0.2) is 5.69 Å². The normalized spacial score (nSPS) is 20.5. The summed E-state index contributed by atoms with van der Waals surface area (Å²) >= 11 is 0. The van der Waals surface area contributed by atoms with Crippen molar-refractivity contribution in [2.75, 3.05) is 0 Å². The minimum absolute atomic E-state index is 0.0423. The second-order valence-corrected chi connectivity index (χ2v) is 5.85. The summed E-state index contributed by atoms with van der Waals surface area (Å²) in [6.45, 7) is 0. The van der Waals surface area contributed by atoms with E-state index in [0.29, 0.717) is 12.1 Å². The number of nitro groups is 1. The second-order valence-electron chi connectivity index (χ2n) is 5.85. The van der Waals surface area contributed by atoms with Gasteiger partial charge in [0.05, 0.1) is 22.8 Å². The third kappa shape index (κ3) is 3.43. The Morgan fingerprint density at radius 1 is 1.33 bits per heavy atom. The minimum atomic E-state index is -0.526. The molecule has 0 saturated heterocycles. The third-order valence-electron chi connectivity index (χ3n) is 4.17. The summed E-state index contributed by atoms with van der Waals surface area (Å²) in [5, 5.41) is 27.7. The monoisotopic (exact) mass is 330 g/mol. The molecule has 1 saturated carbocycles. The lowest BCUT2D eigenvalue weighted by Crippen LogP contribution is -2.45. The first-order valence-corrected chi connectivity index (χ1v) is 7.84. The maximum Gasteiger partial charge on any atom is 0.272 e. The molecule has 2 atom stereocenters. The Hall–Kier alpha value is -2.74. The molecule has 0 spiro atoms. The molecule has 2 aromatic rings. The SMILES string of the molecule is O=C(NC1CCCCC1O)c1ccn(-c2cccc([N+](=O)[O-])c2)n1. The molecule has 8 heteroatoms. The largest absolute Gasteiger partial charge is 0.391 e. The summed E-state index contributed by atoms with van der Waals surface area (Å²) in [7, 11) is 0. The van der Waals surface area contributed by atoms with E-state index in [9.17, 15) is 20.0 Å². The summed E-state index contributed by atoms with van der Waals surface area (Å²) in [4.78, 5) is 22.6. The number of hydrogen-bond donors (Lipinski definition) is 2. The standard InChI is InChI=1S/C16H18N4O4/c21-15-7-2-1-6-13(15)17-16(22)14-8-9-19(18-14)11-4-3-5-12(10-11)20(23)24/h3-5,8-10,13,15,21H,1-2,6-7H2,(H,17,22). The van der Waals surface area contributed by atoms with Crippen LogP contribution < -0.4 is 5.32 Å². The van der Waals surface area contributed by atoms with Crippen molar-refractivity contribution >= 4 is 11.6 Å². The van der Waals surface area contributed by atoms with Crippen LogP contribution in [-0.4, -0.2) is 37.9 Å².